The monoisotopic (exact) mass is 379 g/mol. The number of nitrogens with zero attached hydrogens (tertiary/aromatic N) is 2. The van der Waals surface area contributed by atoms with Gasteiger partial charge < -0.3 is 9.64 Å². The second kappa shape index (κ2) is 7.96. The van der Waals surface area contributed by atoms with Crippen LogP contribution in [0.25, 0.3) is 6.08 Å². The molecule has 0 aromatic heterocycles. The number of amides is 4. The van der Waals surface area contributed by atoms with Crippen molar-refractivity contribution in [2.24, 2.45) is 0 Å². The van der Waals surface area contributed by atoms with Crippen LogP contribution in [0.15, 0.2) is 54.1 Å². The van der Waals surface area contributed by atoms with Gasteiger partial charge in [-0.1, -0.05) is 24.3 Å². The number of imide groups is 2. The van der Waals surface area contributed by atoms with Gasteiger partial charge in [0, 0.05) is 19.8 Å². The maximum Gasteiger partial charge on any atom is 0.336 e. The summed E-state index contributed by atoms with van der Waals surface area (Å²) in [6.45, 7) is 2.18. The van der Waals surface area contributed by atoms with Crippen LogP contribution in [-0.2, 0) is 9.59 Å². The second-order valence-corrected chi connectivity index (χ2v) is 6.34. The SMILES string of the molecule is CCOc1ccccc1N1C(=O)NC(=O)/C(=C/c2ccc(N(C)C)cc2)C1=O. The number of rotatable bonds is 5. The Hall–Kier alpha value is -3.61. The van der Waals surface area contributed by atoms with E-state index < -0.39 is 17.8 Å². The molecule has 0 saturated carbocycles. The maximum absolute atomic E-state index is 13.0. The van der Waals surface area contributed by atoms with E-state index in [9.17, 15) is 14.4 Å². The van der Waals surface area contributed by atoms with E-state index in [1.54, 1.807) is 43.3 Å². The Morgan fingerprint density at radius 1 is 1.04 bits per heavy atom. The number of hydrogen-bond donors (Lipinski definition) is 1. The summed E-state index contributed by atoms with van der Waals surface area (Å²) in [5.41, 5.74) is 1.83. The largest absolute Gasteiger partial charge is 0.492 e. The lowest BCUT2D eigenvalue weighted by atomic mass is 10.1. The average molecular weight is 379 g/mol. The maximum atomic E-state index is 13.0. The summed E-state index contributed by atoms with van der Waals surface area (Å²) < 4.78 is 5.52. The van der Waals surface area contributed by atoms with Crippen LogP contribution in [0.1, 0.15) is 12.5 Å². The fourth-order valence-corrected chi connectivity index (χ4v) is 2.83. The van der Waals surface area contributed by atoms with Gasteiger partial charge in [-0.25, -0.2) is 9.69 Å². The predicted molar refractivity (Wildman–Crippen MR) is 107 cm³/mol. The molecule has 1 saturated heterocycles. The smallest absolute Gasteiger partial charge is 0.336 e. The van der Waals surface area contributed by atoms with Crippen molar-refractivity contribution in [3.05, 3.63) is 59.7 Å². The lowest BCUT2D eigenvalue weighted by Crippen LogP contribution is -2.54. The molecular weight excluding hydrogens is 358 g/mol. The topological polar surface area (TPSA) is 79.0 Å². The van der Waals surface area contributed by atoms with E-state index in [4.69, 9.17) is 4.74 Å². The highest BCUT2D eigenvalue weighted by atomic mass is 16.5. The molecule has 28 heavy (non-hydrogen) atoms. The standard InChI is InChI=1S/C21H21N3O4/c1-4-28-18-8-6-5-7-17(18)24-20(26)16(19(25)22-21(24)27)13-14-9-11-15(12-10-14)23(2)3/h5-13H,4H2,1-3H3,(H,22,25,27)/b16-13-. The minimum absolute atomic E-state index is 0.122. The van der Waals surface area contributed by atoms with Crippen LogP contribution in [0.5, 0.6) is 5.75 Å². The van der Waals surface area contributed by atoms with Crippen molar-refractivity contribution in [2.45, 2.75) is 6.92 Å². The normalized spacial score (nSPS) is 15.6. The molecule has 4 amide bonds. The Kier molecular flexibility index (Phi) is 5.44. The number of anilines is 2. The minimum Gasteiger partial charge on any atom is -0.492 e. The van der Waals surface area contributed by atoms with Crippen molar-refractivity contribution in [1.82, 2.24) is 5.32 Å². The molecule has 2 aromatic carbocycles. The van der Waals surface area contributed by atoms with Crippen molar-refractivity contribution in [3.63, 3.8) is 0 Å². The highest BCUT2D eigenvalue weighted by molar-refractivity contribution is 6.39. The molecule has 3 rings (SSSR count). The molecule has 0 radical (unpaired) electrons. The fourth-order valence-electron chi connectivity index (χ4n) is 2.83. The third kappa shape index (κ3) is 3.73. The van der Waals surface area contributed by atoms with Gasteiger partial charge >= 0.3 is 6.03 Å². The van der Waals surface area contributed by atoms with Gasteiger partial charge in [0.05, 0.1) is 12.3 Å². The summed E-state index contributed by atoms with van der Waals surface area (Å²) in [4.78, 5) is 40.5. The van der Waals surface area contributed by atoms with Gasteiger partial charge in [-0.15, -0.1) is 0 Å². The molecule has 0 aliphatic carbocycles. The molecule has 1 aliphatic heterocycles. The molecule has 0 spiro atoms. The molecule has 2 aromatic rings. The van der Waals surface area contributed by atoms with Crippen LogP contribution in [0.2, 0.25) is 0 Å². The molecule has 0 bridgehead atoms. The fraction of sp³-hybridized carbons (Fsp3) is 0.190. The zero-order chi connectivity index (χ0) is 20.3. The molecule has 7 heteroatoms. The first kappa shape index (κ1) is 19.2. The molecule has 7 nitrogen and oxygen atoms in total. The molecule has 144 valence electrons. The summed E-state index contributed by atoms with van der Waals surface area (Å²) in [6, 6.07) is 13.3. The van der Waals surface area contributed by atoms with Gasteiger partial charge in [0.2, 0.25) is 0 Å². The minimum atomic E-state index is -0.803. The van der Waals surface area contributed by atoms with E-state index in [2.05, 4.69) is 5.32 Å². The Bertz CT molecular complexity index is 948. The summed E-state index contributed by atoms with van der Waals surface area (Å²) in [6.07, 6.45) is 1.47. The number of benzene rings is 2. The second-order valence-electron chi connectivity index (χ2n) is 6.34. The third-order valence-corrected chi connectivity index (χ3v) is 4.23. The van der Waals surface area contributed by atoms with E-state index in [1.807, 2.05) is 31.1 Å². The lowest BCUT2D eigenvalue weighted by molar-refractivity contribution is -0.122. The van der Waals surface area contributed by atoms with Crippen molar-refractivity contribution in [1.29, 1.82) is 0 Å². The van der Waals surface area contributed by atoms with E-state index in [1.165, 1.54) is 6.08 Å². The Labute approximate surface area is 163 Å². The van der Waals surface area contributed by atoms with E-state index in [-0.39, 0.29) is 11.3 Å². The summed E-state index contributed by atoms with van der Waals surface area (Å²) in [7, 11) is 3.84. The highest BCUT2D eigenvalue weighted by Crippen LogP contribution is 2.31. The van der Waals surface area contributed by atoms with Crippen molar-refractivity contribution >= 4 is 35.3 Å². The first-order valence-corrected chi connectivity index (χ1v) is 8.83. The van der Waals surface area contributed by atoms with Gasteiger partial charge in [-0.3, -0.25) is 14.9 Å². The molecular formula is C21H21N3O4. The molecule has 0 unspecified atom stereocenters. The van der Waals surface area contributed by atoms with Gasteiger partial charge in [-0.05, 0) is 42.8 Å². The number of urea groups is 1. The molecule has 1 N–H and O–H groups in total. The average Bonchev–Trinajstić information content (AvgIpc) is 2.67. The molecule has 1 fully saturated rings. The van der Waals surface area contributed by atoms with Crippen LogP contribution < -0.4 is 19.9 Å². The van der Waals surface area contributed by atoms with Crippen molar-refractivity contribution < 1.29 is 19.1 Å². The van der Waals surface area contributed by atoms with Crippen LogP contribution in [0.4, 0.5) is 16.2 Å². The van der Waals surface area contributed by atoms with Gasteiger partial charge in [0.25, 0.3) is 11.8 Å². The number of hydrogen-bond acceptors (Lipinski definition) is 5. The van der Waals surface area contributed by atoms with Crippen LogP contribution in [0.3, 0.4) is 0 Å². The first-order chi connectivity index (χ1) is 13.4. The highest BCUT2D eigenvalue weighted by Gasteiger charge is 2.38. The van der Waals surface area contributed by atoms with E-state index >= 15 is 0 Å². The summed E-state index contributed by atoms with van der Waals surface area (Å²) in [5.74, 6) is -1.04. The zero-order valence-corrected chi connectivity index (χ0v) is 15.9. The first-order valence-electron chi connectivity index (χ1n) is 8.83. The van der Waals surface area contributed by atoms with Gasteiger partial charge in [-0.2, -0.15) is 0 Å². The number of ether oxygens (including phenoxy) is 1. The Balaban J connectivity index is 1.99. The van der Waals surface area contributed by atoms with Crippen LogP contribution >= 0.6 is 0 Å². The predicted octanol–water partition coefficient (Wildman–Crippen LogP) is 2.82. The van der Waals surface area contributed by atoms with Crippen LogP contribution in [-0.4, -0.2) is 38.5 Å². The van der Waals surface area contributed by atoms with Crippen molar-refractivity contribution in [3.8, 4) is 5.75 Å². The van der Waals surface area contributed by atoms with Gasteiger partial charge in [0.15, 0.2) is 0 Å². The van der Waals surface area contributed by atoms with E-state index in [0.29, 0.717) is 17.9 Å². The van der Waals surface area contributed by atoms with E-state index in [0.717, 1.165) is 10.6 Å². The van der Waals surface area contributed by atoms with Crippen molar-refractivity contribution in [2.75, 3.05) is 30.5 Å². The Morgan fingerprint density at radius 3 is 2.36 bits per heavy atom. The number of nitrogens with one attached hydrogen (secondary N) is 1. The third-order valence-electron chi connectivity index (χ3n) is 4.23. The van der Waals surface area contributed by atoms with Crippen LogP contribution in [0, 0.1) is 0 Å². The number of carbonyl (C=O) groups is 3. The van der Waals surface area contributed by atoms with Gasteiger partial charge in [0.1, 0.15) is 11.3 Å². The summed E-state index contributed by atoms with van der Waals surface area (Å²) >= 11 is 0. The molecule has 0 atom stereocenters. The summed E-state index contributed by atoms with van der Waals surface area (Å²) in [5, 5.41) is 2.22. The number of carbonyl (C=O) groups excluding carboxylic acids is 3. The number of barbiturate groups is 1. The number of para-hydroxylation sites is 2. The zero-order valence-electron chi connectivity index (χ0n) is 15.9. The lowest BCUT2D eigenvalue weighted by Gasteiger charge is -2.27. The molecule has 1 aliphatic rings. The molecule has 1 heterocycles. The quantitative estimate of drug-likeness (QED) is 0.638. The Morgan fingerprint density at radius 2 is 1.71 bits per heavy atom.